The number of anilines is 1. The van der Waals surface area contributed by atoms with Crippen molar-refractivity contribution in [2.24, 2.45) is 0 Å². The molecule has 2 rings (SSSR count). The van der Waals surface area contributed by atoms with E-state index in [2.05, 4.69) is 11.9 Å². The van der Waals surface area contributed by atoms with Crippen molar-refractivity contribution in [3.63, 3.8) is 0 Å². The number of thioether (sulfide) groups is 1. The minimum Gasteiger partial charge on any atom is -0.399 e. The fourth-order valence-electron chi connectivity index (χ4n) is 1.46. The van der Waals surface area contributed by atoms with Crippen LogP contribution in [0.15, 0.2) is 47.6 Å². The summed E-state index contributed by atoms with van der Waals surface area (Å²) in [5.41, 5.74) is 7.66. The summed E-state index contributed by atoms with van der Waals surface area (Å²) in [6.45, 7) is 2.13. The van der Waals surface area contributed by atoms with Crippen LogP contribution < -0.4 is 5.73 Å². The number of nitrogen functional groups attached to an aromatic ring is 1. The molecular weight excluding hydrogens is 252 g/mol. The molecule has 0 fully saturated rings. The molecule has 0 aliphatic carbocycles. The molecule has 1 aromatic heterocycles. The lowest BCUT2D eigenvalue weighted by Gasteiger charge is -2.11. The fraction of sp³-hybridized carbons (Fsp3) is 0.154. The molecule has 1 aromatic carbocycles. The van der Waals surface area contributed by atoms with Crippen LogP contribution >= 0.6 is 23.4 Å². The highest BCUT2D eigenvalue weighted by molar-refractivity contribution is 7.99. The normalized spacial score (nSPS) is 12.4. The molecule has 0 bridgehead atoms. The van der Waals surface area contributed by atoms with Gasteiger partial charge in [0.25, 0.3) is 0 Å². The summed E-state index contributed by atoms with van der Waals surface area (Å²) in [5, 5.41) is 1.85. The quantitative estimate of drug-likeness (QED) is 0.668. The Balaban J connectivity index is 2.14. The van der Waals surface area contributed by atoms with Crippen LogP contribution in [0.25, 0.3) is 0 Å². The van der Waals surface area contributed by atoms with Gasteiger partial charge in [-0.2, -0.15) is 0 Å². The molecule has 1 atom stereocenters. The fourth-order valence-corrected chi connectivity index (χ4v) is 2.65. The van der Waals surface area contributed by atoms with Crippen molar-refractivity contribution >= 4 is 29.1 Å². The van der Waals surface area contributed by atoms with Gasteiger partial charge in [0.1, 0.15) is 5.03 Å². The maximum atomic E-state index is 6.08. The van der Waals surface area contributed by atoms with E-state index < -0.39 is 0 Å². The number of rotatable bonds is 3. The lowest BCUT2D eigenvalue weighted by Crippen LogP contribution is -1.91. The Morgan fingerprint density at radius 3 is 2.59 bits per heavy atom. The lowest BCUT2D eigenvalue weighted by atomic mass is 10.1. The number of hydrogen-bond donors (Lipinski definition) is 1. The first-order valence-corrected chi connectivity index (χ1v) is 6.55. The van der Waals surface area contributed by atoms with Crippen LogP contribution in [0.4, 0.5) is 5.69 Å². The average Bonchev–Trinajstić information content (AvgIpc) is 2.33. The Morgan fingerprint density at radius 2 is 1.94 bits per heavy atom. The molecule has 0 aliphatic heterocycles. The SMILES string of the molecule is CC(Sc1ncccc1Cl)c1ccc(N)cc1. The summed E-state index contributed by atoms with van der Waals surface area (Å²) in [6.07, 6.45) is 1.75. The van der Waals surface area contributed by atoms with Gasteiger partial charge in [0.15, 0.2) is 0 Å². The first-order chi connectivity index (χ1) is 8.16. The molecule has 0 amide bonds. The second-order valence-corrected chi connectivity index (χ2v) is 5.45. The van der Waals surface area contributed by atoms with Gasteiger partial charge in [0.2, 0.25) is 0 Å². The van der Waals surface area contributed by atoms with Gasteiger partial charge in [-0.15, -0.1) is 0 Å². The summed E-state index contributed by atoms with van der Waals surface area (Å²) in [5.74, 6) is 0. The van der Waals surface area contributed by atoms with Crippen molar-refractivity contribution in [2.45, 2.75) is 17.2 Å². The number of benzene rings is 1. The van der Waals surface area contributed by atoms with Crippen LogP contribution in [-0.4, -0.2) is 4.98 Å². The number of halogens is 1. The molecule has 1 unspecified atom stereocenters. The van der Waals surface area contributed by atoms with Crippen molar-refractivity contribution in [2.75, 3.05) is 5.73 Å². The predicted octanol–water partition coefficient (Wildman–Crippen LogP) is 4.17. The standard InChI is InChI=1S/C13H13ClN2S/c1-9(10-4-6-11(15)7-5-10)17-13-12(14)3-2-8-16-13/h2-9H,15H2,1H3. The largest absolute Gasteiger partial charge is 0.399 e. The summed E-state index contributed by atoms with van der Waals surface area (Å²) < 4.78 is 0. The highest BCUT2D eigenvalue weighted by Gasteiger charge is 2.10. The molecule has 0 saturated carbocycles. The van der Waals surface area contributed by atoms with Crippen molar-refractivity contribution < 1.29 is 0 Å². The van der Waals surface area contributed by atoms with Gasteiger partial charge in [-0.25, -0.2) is 4.98 Å². The minimum absolute atomic E-state index is 0.294. The minimum atomic E-state index is 0.294. The summed E-state index contributed by atoms with van der Waals surface area (Å²) >= 11 is 7.72. The second-order valence-electron chi connectivity index (χ2n) is 3.72. The van der Waals surface area contributed by atoms with Gasteiger partial charge in [-0.05, 0) is 36.8 Å². The maximum absolute atomic E-state index is 6.08. The molecule has 2 N–H and O–H groups in total. The van der Waals surface area contributed by atoms with E-state index in [1.807, 2.05) is 36.4 Å². The molecule has 0 radical (unpaired) electrons. The molecule has 2 nitrogen and oxygen atoms in total. The molecule has 2 aromatic rings. The molecule has 0 spiro atoms. The zero-order chi connectivity index (χ0) is 12.3. The molecule has 1 heterocycles. The lowest BCUT2D eigenvalue weighted by molar-refractivity contribution is 1.06. The predicted molar refractivity (Wildman–Crippen MR) is 74.4 cm³/mol. The number of nitrogens with zero attached hydrogens (tertiary/aromatic N) is 1. The van der Waals surface area contributed by atoms with Crippen molar-refractivity contribution in [3.8, 4) is 0 Å². The zero-order valence-electron chi connectivity index (χ0n) is 9.43. The number of pyridine rings is 1. The Hall–Kier alpha value is -1.19. The maximum Gasteiger partial charge on any atom is 0.115 e. The summed E-state index contributed by atoms with van der Waals surface area (Å²) in [6, 6.07) is 11.6. The Kier molecular flexibility index (Phi) is 3.92. The van der Waals surface area contributed by atoms with Gasteiger partial charge in [0, 0.05) is 17.1 Å². The van der Waals surface area contributed by atoms with Gasteiger partial charge < -0.3 is 5.73 Å². The highest BCUT2D eigenvalue weighted by atomic mass is 35.5. The number of aromatic nitrogens is 1. The van der Waals surface area contributed by atoms with E-state index in [4.69, 9.17) is 17.3 Å². The topological polar surface area (TPSA) is 38.9 Å². The van der Waals surface area contributed by atoms with Crippen LogP contribution in [0, 0.1) is 0 Å². The van der Waals surface area contributed by atoms with Gasteiger partial charge in [0.05, 0.1) is 5.02 Å². The van der Waals surface area contributed by atoms with Gasteiger partial charge in [-0.1, -0.05) is 35.5 Å². The van der Waals surface area contributed by atoms with E-state index in [9.17, 15) is 0 Å². The first-order valence-electron chi connectivity index (χ1n) is 5.29. The smallest absolute Gasteiger partial charge is 0.115 e. The van der Waals surface area contributed by atoms with Crippen LogP contribution in [0.5, 0.6) is 0 Å². The van der Waals surface area contributed by atoms with Gasteiger partial charge >= 0.3 is 0 Å². The summed E-state index contributed by atoms with van der Waals surface area (Å²) in [4.78, 5) is 4.27. The van der Waals surface area contributed by atoms with Crippen LogP contribution in [0.3, 0.4) is 0 Å². The molecular formula is C13H13ClN2S. The van der Waals surface area contributed by atoms with E-state index in [1.54, 1.807) is 18.0 Å². The Labute approximate surface area is 110 Å². The van der Waals surface area contributed by atoms with Crippen LogP contribution in [-0.2, 0) is 0 Å². The third-order valence-corrected chi connectivity index (χ3v) is 4.01. The molecule has 88 valence electrons. The average molecular weight is 265 g/mol. The van der Waals surface area contributed by atoms with E-state index in [0.717, 1.165) is 10.7 Å². The second kappa shape index (κ2) is 5.43. The third kappa shape index (κ3) is 3.14. The Bertz CT molecular complexity index is 499. The van der Waals surface area contributed by atoms with Crippen molar-refractivity contribution in [1.29, 1.82) is 0 Å². The Morgan fingerprint density at radius 1 is 1.24 bits per heavy atom. The molecule has 4 heteroatoms. The van der Waals surface area contributed by atoms with Crippen molar-refractivity contribution in [1.82, 2.24) is 4.98 Å². The number of hydrogen-bond acceptors (Lipinski definition) is 3. The molecule has 0 saturated heterocycles. The molecule has 17 heavy (non-hydrogen) atoms. The highest BCUT2D eigenvalue weighted by Crippen LogP contribution is 2.36. The zero-order valence-corrected chi connectivity index (χ0v) is 11.0. The summed E-state index contributed by atoms with van der Waals surface area (Å²) in [7, 11) is 0. The number of nitrogens with two attached hydrogens (primary N) is 1. The van der Waals surface area contributed by atoms with Crippen LogP contribution in [0.2, 0.25) is 5.02 Å². The van der Waals surface area contributed by atoms with E-state index in [0.29, 0.717) is 10.3 Å². The monoisotopic (exact) mass is 264 g/mol. The van der Waals surface area contributed by atoms with Crippen LogP contribution in [0.1, 0.15) is 17.7 Å². The van der Waals surface area contributed by atoms with Crippen molar-refractivity contribution in [3.05, 3.63) is 53.2 Å². The van der Waals surface area contributed by atoms with E-state index >= 15 is 0 Å². The van der Waals surface area contributed by atoms with Gasteiger partial charge in [-0.3, -0.25) is 0 Å². The first kappa shape index (κ1) is 12.3. The van der Waals surface area contributed by atoms with E-state index in [-0.39, 0.29) is 0 Å². The van der Waals surface area contributed by atoms with E-state index in [1.165, 1.54) is 5.56 Å². The molecule has 0 aliphatic rings. The third-order valence-electron chi connectivity index (χ3n) is 2.42.